The largest absolute Gasteiger partial charge is 0.330 e. The average Bonchev–Trinajstić information content (AvgIpc) is 2.45. The molecule has 0 saturated carbocycles. The Morgan fingerprint density at radius 2 is 1.94 bits per heavy atom. The molecule has 1 fully saturated rings. The molecule has 96 valence electrons. The lowest BCUT2D eigenvalue weighted by atomic mass is 9.84. The molecule has 0 atom stereocenters. The van der Waals surface area contributed by atoms with Crippen LogP contribution in [-0.4, -0.2) is 30.1 Å². The van der Waals surface area contributed by atoms with Gasteiger partial charge in [0.1, 0.15) is 0 Å². The van der Waals surface area contributed by atoms with Crippen LogP contribution < -0.4 is 5.73 Å². The second kappa shape index (κ2) is 5.50. The molecule has 1 saturated heterocycles. The van der Waals surface area contributed by atoms with Gasteiger partial charge in [-0.15, -0.1) is 0 Å². The molecule has 0 aromatic carbocycles. The molecule has 0 spiro atoms. The number of nitrogens with zero attached hydrogens (tertiary/aromatic N) is 1. The molecule has 0 aliphatic carbocycles. The van der Waals surface area contributed by atoms with Crippen molar-refractivity contribution < 1.29 is 0 Å². The Kier molecular flexibility index (Phi) is 4.81. The predicted molar refractivity (Wildman–Crippen MR) is 71.6 cm³/mol. The zero-order valence-electron chi connectivity index (χ0n) is 11.7. The average molecular weight is 226 g/mol. The van der Waals surface area contributed by atoms with E-state index in [4.69, 9.17) is 5.73 Å². The molecule has 2 heteroatoms. The molecule has 1 aliphatic heterocycles. The van der Waals surface area contributed by atoms with E-state index < -0.39 is 0 Å². The van der Waals surface area contributed by atoms with Crippen molar-refractivity contribution in [1.29, 1.82) is 0 Å². The first-order valence-electron chi connectivity index (χ1n) is 6.82. The molecule has 1 aliphatic rings. The van der Waals surface area contributed by atoms with E-state index >= 15 is 0 Å². The Bertz CT molecular complexity index is 209. The number of nitrogens with two attached hydrogens (primary N) is 1. The van der Waals surface area contributed by atoms with Gasteiger partial charge in [0.2, 0.25) is 0 Å². The monoisotopic (exact) mass is 226 g/mol. The van der Waals surface area contributed by atoms with Crippen LogP contribution in [-0.2, 0) is 0 Å². The van der Waals surface area contributed by atoms with Gasteiger partial charge in [0, 0.05) is 5.54 Å². The Hall–Kier alpha value is -0.0800. The highest BCUT2D eigenvalue weighted by Crippen LogP contribution is 2.30. The van der Waals surface area contributed by atoms with Crippen LogP contribution in [0.3, 0.4) is 0 Å². The third kappa shape index (κ3) is 4.06. The van der Waals surface area contributed by atoms with Crippen molar-refractivity contribution in [3.63, 3.8) is 0 Å². The normalized spacial score (nSPS) is 21.6. The Morgan fingerprint density at radius 3 is 2.44 bits per heavy atom. The molecular formula is C14H30N2. The summed E-state index contributed by atoms with van der Waals surface area (Å²) in [5, 5.41) is 0. The van der Waals surface area contributed by atoms with Gasteiger partial charge in [0.15, 0.2) is 0 Å². The standard InChI is InChI=1S/C14H30N2/c1-13(2,9-10-15)7-5-11-16-12-6-8-14(16,3)4/h5-12,15H2,1-4H3. The maximum Gasteiger partial charge on any atom is 0.0153 e. The maximum atomic E-state index is 5.64. The van der Waals surface area contributed by atoms with Crippen molar-refractivity contribution >= 4 is 0 Å². The van der Waals surface area contributed by atoms with Crippen molar-refractivity contribution in [3.05, 3.63) is 0 Å². The molecule has 1 rings (SSSR count). The molecule has 0 amide bonds. The van der Waals surface area contributed by atoms with Crippen LogP contribution >= 0.6 is 0 Å². The summed E-state index contributed by atoms with van der Waals surface area (Å²) in [6, 6.07) is 0. The summed E-state index contributed by atoms with van der Waals surface area (Å²) in [5.41, 5.74) is 6.51. The fraction of sp³-hybridized carbons (Fsp3) is 1.00. The van der Waals surface area contributed by atoms with Crippen LogP contribution in [0.25, 0.3) is 0 Å². The first-order valence-corrected chi connectivity index (χ1v) is 6.82. The van der Waals surface area contributed by atoms with E-state index in [9.17, 15) is 0 Å². The zero-order valence-corrected chi connectivity index (χ0v) is 11.7. The summed E-state index contributed by atoms with van der Waals surface area (Å²) in [5.74, 6) is 0. The lowest BCUT2D eigenvalue weighted by molar-refractivity contribution is 0.161. The topological polar surface area (TPSA) is 29.3 Å². The van der Waals surface area contributed by atoms with Gasteiger partial charge >= 0.3 is 0 Å². The van der Waals surface area contributed by atoms with Gasteiger partial charge in [-0.2, -0.15) is 0 Å². The molecule has 1 heterocycles. The van der Waals surface area contributed by atoms with E-state index in [0.717, 1.165) is 13.0 Å². The Balaban J connectivity index is 2.25. The van der Waals surface area contributed by atoms with Crippen molar-refractivity contribution in [2.45, 2.75) is 65.3 Å². The summed E-state index contributed by atoms with van der Waals surface area (Å²) >= 11 is 0. The van der Waals surface area contributed by atoms with Crippen molar-refractivity contribution in [2.24, 2.45) is 11.1 Å². The minimum atomic E-state index is 0.429. The maximum absolute atomic E-state index is 5.64. The lowest BCUT2D eigenvalue weighted by Gasteiger charge is -2.33. The number of likely N-dealkylation sites (tertiary alicyclic amines) is 1. The van der Waals surface area contributed by atoms with Gasteiger partial charge in [0.05, 0.1) is 0 Å². The Labute approximate surface area is 102 Å². The highest BCUT2D eigenvalue weighted by molar-refractivity contribution is 4.87. The van der Waals surface area contributed by atoms with E-state index in [1.807, 2.05) is 0 Å². The highest BCUT2D eigenvalue weighted by Gasteiger charge is 2.31. The van der Waals surface area contributed by atoms with Crippen molar-refractivity contribution in [2.75, 3.05) is 19.6 Å². The molecular weight excluding hydrogens is 196 g/mol. The minimum absolute atomic E-state index is 0.429. The van der Waals surface area contributed by atoms with Crippen LogP contribution in [0.2, 0.25) is 0 Å². The molecule has 2 N–H and O–H groups in total. The third-order valence-corrected chi connectivity index (χ3v) is 4.18. The minimum Gasteiger partial charge on any atom is -0.330 e. The third-order valence-electron chi connectivity index (χ3n) is 4.18. The SMILES string of the molecule is CC(C)(CCN)CCCN1CCCC1(C)C. The molecule has 0 unspecified atom stereocenters. The van der Waals surface area contributed by atoms with Crippen LogP contribution in [0.4, 0.5) is 0 Å². The second-order valence-corrected chi connectivity index (χ2v) is 6.71. The quantitative estimate of drug-likeness (QED) is 0.754. The van der Waals surface area contributed by atoms with Gasteiger partial charge in [-0.05, 0) is 71.0 Å². The van der Waals surface area contributed by atoms with Gasteiger partial charge in [-0.3, -0.25) is 4.90 Å². The van der Waals surface area contributed by atoms with E-state index in [1.165, 1.54) is 38.8 Å². The van der Waals surface area contributed by atoms with Gasteiger partial charge in [-0.1, -0.05) is 13.8 Å². The fourth-order valence-corrected chi connectivity index (χ4v) is 2.84. The van der Waals surface area contributed by atoms with Gasteiger partial charge in [0.25, 0.3) is 0 Å². The van der Waals surface area contributed by atoms with Crippen LogP contribution in [0.1, 0.15) is 59.8 Å². The van der Waals surface area contributed by atoms with Gasteiger partial charge in [-0.25, -0.2) is 0 Å². The molecule has 0 radical (unpaired) electrons. The summed E-state index contributed by atoms with van der Waals surface area (Å²) in [6.45, 7) is 12.8. The molecule has 2 nitrogen and oxygen atoms in total. The number of hydrogen-bond donors (Lipinski definition) is 1. The van der Waals surface area contributed by atoms with Gasteiger partial charge < -0.3 is 5.73 Å². The molecule has 16 heavy (non-hydrogen) atoms. The summed E-state index contributed by atoms with van der Waals surface area (Å²) in [4.78, 5) is 2.66. The van der Waals surface area contributed by atoms with Crippen molar-refractivity contribution in [3.8, 4) is 0 Å². The van der Waals surface area contributed by atoms with E-state index in [-0.39, 0.29) is 0 Å². The zero-order chi connectivity index (χ0) is 12.2. The van der Waals surface area contributed by atoms with E-state index in [1.54, 1.807) is 0 Å². The Morgan fingerprint density at radius 1 is 1.25 bits per heavy atom. The summed E-state index contributed by atoms with van der Waals surface area (Å²) < 4.78 is 0. The lowest BCUT2D eigenvalue weighted by Crippen LogP contribution is -2.39. The molecule has 0 bridgehead atoms. The van der Waals surface area contributed by atoms with Crippen molar-refractivity contribution in [1.82, 2.24) is 4.90 Å². The second-order valence-electron chi connectivity index (χ2n) is 6.71. The van der Waals surface area contributed by atoms with Crippen LogP contribution in [0, 0.1) is 5.41 Å². The molecule has 0 aromatic rings. The number of rotatable bonds is 6. The summed E-state index contributed by atoms with van der Waals surface area (Å²) in [7, 11) is 0. The first kappa shape index (κ1) is 14.0. The van der Waals surface area contributed by atoms with E-state index in [0.29, 0.717) is 11.0 Å². The first-order chi connectivity index (χ1) is 7.37. The predicted octanol–water partition coefficient (Wildman–Crippen LogP) is 3.02. The molecule has 0 aromatic heterocycles. The highest BCUT2D eigenvalue weighted by atomic mass is 15.2. The summed E-state index contributed by atoms with van der Waals surface area (Å²) in [6.07, 6.45) is 6.50. The number of hydrogen-bond acceptors (Lipinski definition) is 2. The smallest absolute Gasteiger partial charge is 0.0153 e. The van der Waals surface area contributed by atoms with E-state index in [2.05, 4.69) is 32.6 Å². The fourth-order valence-electron chi connectivity index (χ4n) is 2.84. The van der Waals surface area contributed by atoms with Crippen LogP contribution in [0.5, 0.6) is 0 Å². The van der Waals surface area contributed by atoms with Crippen LogP contribution in [0.15, 0.2) is 0 Å².